The lowest BCUT2D eigenvalue weighted by atomic mass is 9.78. The maximum Gasteiger partial charge on any atom is 0.410 e. The molecule has 1 fully saturated rings. The molecule has 2 N–H and O–H groups in total. The van der Waals surface area contributed by atoms with E-state index < -0.39 is 35.1 Å². The first kappa shape index (κ1) is 27.9. The summed E-state index contributed by atoms with van der Waals surface area (Å²) in [6.07, 6.45) is -0.691. The molecular weight excluding hydrogens is 460 g/mol. The molecule has 2 unspecified atom stereocenters. The summed E-state index contributed by atoms with van der Waals surface area (Å²) in [7, 11) is 1.28. The number of nitrogens with one attached hydrogen (secondary N) is 1. The summed E-state index contributed by atoms with van der Waals surface area (Å²) in [6.45, 7) is 11.5. The second-order valence-electron chi connectivity index (χ2n) is 10.7. The number of para-hydroxylation sites is 1. The number of methoxy groups -OCH3 is 1. The number of aliphatic hydroxyl groups is 1. The summed E-state index contributed by atoms with van der Waals surface area (Å²) in [5.74, 6) is -1.97. The number of anilines is 1. The van der Waals surface area contributed by atoms with Crippen molar-refractivity contribution < 1.29 is 29.0 Å². The Labute approximate surface area is 206 Å². The lowest BCUT2D eigenvalue weighted by Gasteiger charge is -2.37. The van der Waals surface area contributed by atoms with Gasteiger partial charge in [-0.1, -0.05) is 44.5 Å². The van der Waals surface area contributed by atoms with Crippen LogP contribution in [0.1, 0.15) is 66.1 Å². The van der Waals surface area contributed by atoms with Crippen LogP contribution in [-0.4, -0.2) is 53.8 Å². The third kappa shape index (κ3) is 7.09. The molecule has 1 aromatic carbocycles. The van der Waals surface area contributed by atoms with Crippen LogP contribution in [0.5, 0.6) is 0 Å². The van der Waals surface area contributed by atoms with Crippen LogP contribution in [0.4, 0.5) is 10.5 Å². The van der Waals surface area contributed by atoms with Crippen molar-refractivity contribution in [3.8, 4) is 0 Å². The fourth-order valence-electron chi connectivity index (χ4n) is 3.90. The van der Waals surface area contributed by atoms with E-state index in [4.69, 9.17) is 21.1 Å². The van der Waals surface area contributed by atoms with Crippen LogP contribution in [0.15, 0.2) is 18.2 Å². The summed E-state index contributed by atoms with van der Waals surface area (Å²) in [6, 6.07) is 4.91. The van der Waals surface area contributed by atoms with E-state index in [1.54, 1.807) is 43.9 Å². The molecule has 9 heteroatoms. The van der Waals surface area contributed by atoms with E-state index in [2.05, 4.69) is 5.32 Å². The van der Waals surface area contributed by atoms with Gasteiger partial charge in [-0.15, -0.1) is 0 Å². The van der Waals surface area contributed by atoms with Crippen molar-refractivity contribution in [3.05, 3.63) is 28.8 Å². The molecule has 1 heterocycles. The van der Waals surface area contributed by atoms with E-state index in [1.807, 2.05) is 20.8 Å². The van der Waals surface area contributed by atoms with Crippen LogP contribution >= 0.6 is 11.6 Å². The van der Waals surface area contributed by atoms with E-state index >= 15 is 0 Å². The SMILES string of the molecule is COC(=O)C(C1CCN(C(=O)OC(C)(C)C)CC1)C(O)c1cccc(Cl)c1NC(=O)C(C)(C)C. The molecule has 8 nitrogen and oxygen atoms in total. The number of likely N-dealkylation sites (tertiary alicyclic amines) is 1. The van der Waals surface area contributed by atoms with Crippen molar-refractivity contribution in [2.45, 2.75) is 66.1 Å². The Morgan fingerprint density at radius 1 is 1.12 bits per heavy atom. The first-order chi connectivity index (χ1) is 15.7. The zero-order chi connectivity index (χ0) is 25.8. The predicted octanol–water partition coefficient (Wildman–Crippen LogP) is 4.79. The van der Waals surface area contributed by atoms with Crippen molar-refractivity contribution in [2.75, 3.05) is 25.5 Å². The number of esters is 1. The van der Waals surface area contributed by atoms with Gasteiger partial charge in [0, 0.05) is 24.1 Å². The average Bonchev–Trinajstić information content (AvgIpc) is 2.73. The molecule has 2 atom stereocenters. The Morgan fingerprint density at radius 2 is 1.71 bits per heavy atom. The van der Waals surface area contributed by atoms with Crippen LogP contribution in [0.2, 0.25) is 5.02 Å². The molecule has 1 aliphatic heterocycles. The first-order valence-electron chi connectivity index (χ1n) is 11.5. The molecule has 1 saturated heterocycles. The zero-order valence-corrected chi connectivity index (χ0v) is 21.9. The highest BCUT2D eigenvalue weighted by molar-refractivity contribution is 6.34. The van der Waals surface area contributed by atoms with Crippen LogP contribution in [-0.2, 0) is 19.1 Å². The van der Waals surface area contributed by atoms with Gasteiger partial charge in [0.1, 0.15) is 5.60 Å². The Bertz CT molecular complexity index is 898. The highest BCUT2D eigenvalue weighted by atomic mass is 35.5. The van der Waals surface area contributed by atoms with E-state index in [-0.39, 0.29) is 22.5 Å². The normalized spacial score (nSPS) is 17.0. The highest BCUT2D eigenvalue weighted by Gasteiger charge is 2.40. The maximum absolute atomic E-state index is 12.8. The van der Waals surface area contributed by atoms with Gasteiger partial charge in [0.25, 0.3) is 0 Å². The van der Waals surface area contributed by atoms with Crippen molar-refractivity contribution in [1.29, 1.82) is 0 Å². The molecule has 0 saturated carbocycles. The zero-order valence-electron chi connectivity index (χ0n) is 21.1. The van der Waals surface area contributed by atoms with Crippen LogP contribution in [0.25, 0.3) is 0 Å². The minimum Gasteiger partial charge on any atom is -0.469 e. The molecule has 0 aromatic heterocycles. The van der Waals surface area contributed by atoms with Crippen molar-refractivity contribution >= 4 is 35.3 Å². The van der Waals surface area contributed by atoms with Crippen molar-refractivity contribution in [1.82, 2.24) is 4.90 Å². The summed E-state index contributed by atoms with van der Waals surface area (Å²) < 4.78 is 10.5. The number of amides is 2. The molecule has 0 spiro atoms. The molecule has 1 aliphatic rings. The molecule has 2 amide bonds. The number of piperidine rings is 1. The van der Waals surface area contributed by atoms with Gasteiger partial charge in [-0.25, -0.2) is 4.79 Å². The molecular formula is C25H37ClN2O6. The van der Waals surface area contributed by atoms with Crippen LogP contribution in [0, 0.1) is 17.3 Å². The number of benzene rings is 1. The van der Waals surface area contributed by atoms with Gasteiger partial charge < -0.3 is 24.8 Å². The molecule has 1 aromatic rings. The standard InChI is InChI=1S/C25H37ClN2O6/c1-24(2,3)22(31)27-19-16(9-8-10-17(19)26)20(29)18(21(30)33-7)15-11-13-28(14-12-15)23(32)34-25(4,5)6/h8-10,15,18,20,29H,11-14H2,1-7H3,(H,27,31). The van der Waals surface area contributed by atoms with Gasteiger partial charge in [-0.3, -0.25) is 9.59 Å². The summed E-state index contributed by atoms with van der Waals surface area (Å²) in [4.78, 5) is 39.4. The maximum atomic E-state index is 12.8. The Balaban J connectivity index is 2.28. The number of ether oxygens (including phenoxy) is 2. The van der Waals surface area contributed by atoms with Crippen molar-refractivity contribution in [3.63, 3.8) is 0 Å². The van der Waals surface area contributed by atoms with Crippen molar-refractivity contribution in [2.24, 2.45) is 17.3 Å². The lowest BCUT2D eigenvalue weighted by Crippen LogP contribution is -2.44. The predicted molar refractivity (Wildman–Crippen MR) is 131 cm³/mol. The molecule has 0 radical (unpaired) electrons. The van der Waals surface area contributed by atoms with Gasteiger partial charge in [-0.05, 0) is 45.6 Å². The third-order valence-corrected chi connectivity index (χ3v) is 6.11. The monoisotopic (exact) mass is 496 g/mol. The third-order valence-electron chi connectivity index (χ3n) is 5.80. The fraction of sp³-hybridized carbons (Fsp3) is 0.640. The number of hydrogen-bond donors (Lipinski definition) is 2. The van der Waals surface area contributed by atoms with Gasteiger partial charge in [0.2, 0.25) is 5.91 Å². The minimum atomic E-state index is -1.26. The number of hydrogen-bond acceptors (Lipinski definition) is 6. The van der Waals surface area contributed by atoms with Crippen LogP contribution < -0.4 is 5.32 Å². The Morgan fingerprint density at radius 3 is 2.21 bits per heavy atom. The van der Waals surface area contributed by atoms with E-state index in [0.29, 0.717) is 31.5 Å². The number of aliphatic hydroxyl groups excluding tert-OH is 1. The Hall–Kier alpha value is -2.32. The second-order valence-corrected chi connectivity index (χ2v) is 11.1. The van der Waals surface area contributed by atoms with Gasteiger partial charge in [-0.2, -0.15) is 0 Å². The molecule has 0 aliphatic carbocycles. The first-order valence-corrected chi connectivity index (χ1v) is 11.9. The van der Waals surface area contributed by atoms with E-state index in [9.17, 15) is 19.5 Å². The largest absolute Gasteiger partial charge is 0.469 e. The summed E-state index contributed by atoms with van der Waals surface area (Å²) in [5, 5.41) is 14.4. The number of carbonyl (C=O) groups excluding carboxylic acids is 3. The number of rotatable bonds is 5. The molecule has 2 rings (SSSR count). The highest BCUT2D eigenvalue weighted by Crippen LogP contribution is 2.40. The number of carbonyl (C=O) groups is 3. The summed E-state index contributed by atoms with van der Waals surface area (Å²) >= 11 is 6.38. The topological polar surface area (TPSA) is 105 Å². The summed E-state index contributed by atoms with van der Waals surface area (Å²) in [5.41, 5.74) is -0.664. The number of halogens is 1. The average molecular weight is 497 g/mol. The molecule has 190 valence electrons. The smallest absolute Gasteiger partial charge is 0.410 e. The number of nitrogens with zero attached hydrogens (tertiary/aromatic N) is 1. The molecule has 0 bridgehead atoms. The quantitative estimate of drug-likeness (QED) is 0.567. The second kappa shape index (κ2) is 11.0. The van der Waals surface area contributed by atoms with Gasteiger partial charge in [0.15, 0.2) is 0 Å². The van der Waals surface area contributed by atoms with E-state index in [0.717, 1.165) is 0 Å². The lowest BCUT2D eigenvalue weighted by molar-refractivity contribution is -0.153. The van der Waals surface area contributed by atoms with Crippen LogP contribution in [0.3, 0.4) is 0 Å². The van der Waals surface area contributed by atoms with Gasteiger partial charge >= 0.3 is 12.1 Å². The fourth-order valence-corrected chi connectivity index (χ4v) is 4.13. The Kier molecular flexibility index (Phi) is 8.99. The van der Waals surface area contributed by atoms with E-state index in [1.165, 1.54) is 7.11 Å². The molecule has 34 heavy (non-hydrogen) atoms. The minimum absolute atomic E-state index is 0.244. The van der Waals surface area contributed by atoms with Gasteiger partial charge in [0.05, 0.1) is 29.8 Å².